The number of rotatable bonds is 7. The second kappa shape index (κ2) is 7.37. The van der Waals surface area contributed by atoms with Crippen molar-refractivity contribution in [3.8, 4) is 0 Å². The fourth-order valence-corrected chi connectivity index (χ4v) is 5.25. The van der Waals surface area contributed by atoms with Crippen LogP contribution in [0.4, 0.5) is 0 Å². The van der Waals surface area contributed by atoms with Crippen molar-refractivity contribution in [3.63, 3.8) is 0 Å². The van der Waals surface area contributed by atoms with Crippen LogP contribution >= 0.6 is 0 Å². The summed E-state index contributed by atoms with van der Waals surface area (Å²) in [5, 5.41) is 1.22. The summed E-state index contributed by atoms with van der Waals surface area (Å²) in [4.78, 5) is 12.9. The van der Waals surface area contributed by atoms with E-state index in [2.05, 4.69) is 31.8 Å². The van der Waals surface area contributed by atoms with Crippen LogP contribution in [-0.4, -0.2) is 13.9 Å². The lowest BCUT2D eigenvalue weighted by Crippen LogP contribution is -2.43. The predicted octanol–water partition coefficient (Wildman–Crippen LogP) is 4.68. The van der Waals surface area contributed by atoms with E-state index in [-0.39, 0.29) is 11.7 Å². The largest absolute Gasteiger partial charge is 0.294 e. The fraction of sp³-hybridized carbons (Fsp3) is 0.250. The Balaban J connectivity index is 2.33. The highest BCUT2D eigenvalue weighted by atomic mass is 28.3. The van der Waals surface area contributed by atoms with E-state index in [0.29, 0.717) is 12.0 Å². The number of carbonyl (C=O) groups excluding carboxylic acids is 1. The van der Waals surface area contributed by atoms with Gasteiger partial charge in [0, 0.05) is 12.9 Å². The molecule has 2 heteroatoms. The second-order valence-corrected chi connectivity index (χ2v) is 10.5. The predicted molar refractivity (Wildman–Crippen MR) is 97.4 cm³/mol. The van der Waals surface area contributed by atoms with E-state index in [9.17, 15) is 4.79 Å². The first-order valence-electron chi connectivity index (χ1n) is 8.24. The van der Waals surface area contributed by atoms with E-state index in [0.717, 1.165) is 0 Å². The summed E-state index contributed by atoms with van der Waals surface area (Å²) in [5.41, 5.74) is 0.689. The Morgan fingerprint density at radius 3 is 2.23 bits per heavy atom. The molecule has 2 aromatic rings. The normalized spacial score (nSPS) is 14.7. The third-order valence-electron chi connectivity index (χ3n) is 3.95. The molecule has 0 aliphatic heterocycles. The van der Waals surface area contributed by atoms with Crippen molar-refractivity contribution in [1.29, 1.82) is 0 Å². The number of hydrogen-bond acceptors (Lipinski definition) is 1. The van der Waals surface area contributed by atoms with E-state index in [1.807, 2.05) is 48.5 Å². The van der Waals surface area contributed by atoms with Crippen LogP contribution in [0.3, 0.4) is 0 Å². The molecule has 2 atom stereocenters. The number of carbonyl (C=O) groups is 1. The Kier molecular flexibility index (Phi) is 5.02. The summed E-state index contributed by atoms with van der Waals surface area (Å²) in [6.45, 7) is 8.14. The number of Topliss-reactive ketones (excluding diaryl/α,β-unsaturated/α-hetero) is 1. The molecular weight excluding hydrogens is 284 g/mol. The molecule has 0 fully saturated rings. The maximum absolute atomic E-state index is 12.9. The standard InChI is InChI=1S/C20H24OSi/c1-4-11-18(20(21)17-12-7-5-8-13-17)16-22(2,3)19-14-9-6-10-15-19/h4-10,12-15,18H,1,11,16H2,2-3H3/i16D. The SMILES string of the molecule is [2H]C(C(CC=C)C(=O)c1ccccc1)[Si](C)(C)c1ccccc1. The molecule has 22 heavy (non-hydrogen) atoms. The molecule has 114 valence electrons. The summed E-state index contributed by atoms with van der Waals surface area (Å²) < 4.78 is 8.85. The average Bonchev–Trinajstić information content (AvgIpc) is 2.60. The molecule has 0 heterocycles. The molecule has 0 amide bonds. The minimum Gasteiger partial charge on any atom is -0.294 e. The third kappa shape index (κ3) is 4.05. The number of allylic oxidation sites excluding steroid dienone is 1. The van der Waals surface area contributed by atoms with Gasteiger partial charge in [-0.15, -0.1) is 6.58 Å². The third-order valence-corrected chi connectivity index (χ3v) is 7.01. The summed E-state index contributed by atoms with van der Waals surface area (Å²) in [5.74, 6) is -0.279. The van der Waals surface area contributed by atoms with Crippen LogP contribution < -0.4 is 5.19 Å². The van der Waals surface area contributed by atoms with E-state index < -0.39 is 14.1 Å². The van der Waals surface area contributed by atoms with E-state index in [1.165, 1.54) is 5.19 Å². The van der Waals surface area contributed by atoms with Gasteiger partial charge in [0.05, 0.1) is 8.07 Å². The van der Waals surface area contributed by atoms with Crippen molar-refractivity contribution >= 4 is 19.0 Å². The Morgan fingerprint density at radius 1 is 1.14 bits per heavy atom. The number of hydrogen-bond donors (Lipinski definition) is 0. The van der Waals surface area contributed by atoms with E-state index >= 15 is 0 Å². The zero-order chi connectivity index (χ0) is 16.9. The molecule has 0 N–H and O–H groups in total. The lowest BCUT2D eigenvalue weighted by atomic mass is 9.96. The Labute approximate surface area is 136 Å². The molecule has 2 aromatic carbocycles. The average molecular weight is 310 g/mol. The van der Waals surface area contributed by atoms with Gasteiger partial charge in [-0.25, -0.2) is 0 Å². The summed E-state index contributed by atoms with van der Waals surface area (Å²) in [6.07, 6.45) is 2.31. The number of ketones is 1. The van der Waals surface area contributed by atoms with Crippen molar-refractivity contribution in [2.24, 2.45) is 5.92 Å². The van der Waals surface area contributed by atoms with Gasteiger partial charge in [-0.05, 0) is 12.4 Å². The maximum atomic E-state index is 12.9. The topological polar surface area (TPSA) is 17.1 Å². The Morgan fingerprint density at radius 2 is 1.68 bits per heavy atom. The molecule has 0 saturated carbocycles. The lowest BCUT2D eigenvalue weighted by Gasteiger charge is -2.27. The van der Waals surface area contributed by atoms with Crippen molar-refractivity contribution in [2.75, 3.05) is 0 Å². The highest BCUT2D eigenvalue weighted by molar-refractivity contribution is 6.90. The van der Waals surface area contributed by atoms with E-state index in [4.69, 9.17) is 1.37 Å². The van der Waals surface area contributed by atoms with E-state index in [1.54, 1.807) is 6.08 Å². The smallest absolute Gasteiger partial charge is 0.165 e. The van der Waals surface area contributed by atoms with Gasteiger partial charge in [0.25, 0.3) is 0 Å². The van der Waals surface area contributed by atoms with Gasteiger partial charge < -0.3 is 0 Å². The van der Waals surface area contributed by atoms with Crippen LogP contribution in [0, 0.1) is 5.92 Å². The molecule has 0 aromatic heterocycles. The minimum absolute atomic E-state index is 0.0574. The monoisotopic (exact) mass is 309 g/mol. The van der Waals surface area contributed by atoms with Gasteiger partial charge >= 0.3 is 0 Å². The van der Waals surface area contributed by atoms with Gasteiger partial charge in [0.15, 0.2) is 5.78 Å². The van der Waals surface area contributed by atoms with Gasteiger partial charge in [-0.1, -0.05) is 85.0 Å². The van der Waals surface area contributed by atoms with Crippen LogP contribution in [0.2, 0.25) is 19.1 Å². The summed E-state index contributed by atoms with van der Waals surface area (Å²) in [6, 6.07) is 19.1. The quantitative estimate of drug-likeness (QED) is 0.412. The Bertz CT molecular complexity index is 652. The van der Waals surface area contributed by atoms with Crippen LogP contribution in [0.15, 0.2) is 73.3 Å². The van der Waals surface area contributed by atoms with Gasteiger partial charge in [0.1, 0.15) is 0 Å². The molecule has 0 radical (unpaired) electrons. The molecule has 1 nitrogen and oxygen atoms in total. The molecule has 2 unspecified atom stereocenters. The first-order chi connectivity index (χ1) is 11.0. The van der Waals surface area contributed by atoms with Gasteiger partial charge in [-0.3, -0.25) is 4.79 Å². The summed E-state index contributed by atoms with van der Waals surface area (Å²) in [7, 11) is -2.08. The molecule has 0 aliphatic rings. The zero-order valence-electron chi connectivity index (χ0n) is 14.3. The van der Waals surface area contributed by atoms with Crippen molar-refractivity contribution in [1.82, 2.24) is 0 Å². The van der Waals surface area contributed by atoms with Crippen LogP contribution in [0.1, 0.15) is 18.1 Å². The highest BCUT2D eigenvalue weighted by Crippen LogP contribution is 2.24. The molecule has 0 bridgehead atoms. The van der Waals surface area contributed by atoms with Crippen LogP contribution in [0.5, 0.6) is 0 Å². The summed E-state index contributed by atoms with van der Waals surface area (Å²) >= 11 is 0. The lowest BCUT2D eigenvalue weighted by molar-refractivity contribution is 0.0930. The van der Waals surface area contributed by atoms with Crippen molar-refractivity contribution in [2.45, 2.75) is 25.5 Å². The van der Waals surface area contributed by atoms with Crippen LogP contribution in [0.25, 0.3) is 0 Å². The van der Waals surface area contributed by atoms with Gasteiger partial charge in [0.2, 0.25) is 0 Å². The van der Waals surface area contributed by atoms with Gasteiger partial charge in [-0.2, -0.15) is 0 Å². The highest BCUT2D eigenvalue weighted by Gasteiger charge is 2.30. The first kappa shape index (κ1) is 15.0. The molecule has 0 aliphatic carbocycles. The van der Waals surface area contributed by atoms with Crippen molar-refractivity contribution in [3.05, 3.63) is 78.9 Å². The Hall–Kier alpha value is -1.93. The van der Waals surface area contributed by atoms with Crippen LogP contribution in [-0.2, 0) is 0 Å². The maximum Gasteiger partial charge on any atom is 0.165 e. The zero-order valence-corrected chi connectivity index (χ0v) is 14.3. The fourth-order valence-electron chi connectivity index (χ4n) is 2.71. The molecule has 2 rings (SSSR count). The minimum atomic E-state index is -2.08. The number of benzene rings is 2. The van der Waals surface area contributed by atoms with Crippen molar-refractivity contribution < 1.29 is 6.17 Å². The first-order valence-corrected chi connectivity index (χ1v) is 10.7. The molecular formula is C20H24OSi. The molecule has 0 spiro atoms. The molecule has 0 saturated heterocycles. The second-order valence-electron chi connectivity index (χ2n) is 6.12.